The van der Waals surface area contributed by atoms with E-state index in [1.165, 1.54) is 40.2 Å². The molecule has 0 radical (unpaired) electrons. The number of aromatic nitrogens is 6. The van der Waals surface area contributed by atoms with Crippen LogP contribution in [-0.2, 0) is 19.5 Å². The first kappa shape index (κ1) is 19.9. The molecule has 0 atom stereocenters. The van der Waals surface area contributed by atoms with E-state index in [1.807, 2.05) is 22.2 Å². The van der Waals surface area contributed by atoms with Crippen LogP contribution >= 0.6 is 11.3 Å². The summed E-state index contributed by atoms with van der Waals surface area (Å²) in [5, 5.41) is 11.4. The lowest BCUT2D eigenvalue weighted by Gasteiger charge is -2.08. The molecular weight excluding hydrogens is 432 g/mol. The van der Waals surface area contributed by atoms with Crippen molar-refractivity contribution in [2.45, 2.75) is 26.4 Å². The summed E-state index contributed by atoms with van der Waals surface area (Å²) in [6.45, 7) is 1.95. The van der Waals surface area contributed by atoms with Crippen molar-refractivity contribution in [3.05, 3.63) is 80.0 Å². The molecule has 32 heavy (non-hydrogen) atoms. The Balaban J connectivity index is 1.65. The van der Waals surface area contributed by atoms with Gasteiger partial charge in [0.2, 0.25) is 0 Å². The number of nitrogens with one attached hydrogen (secondary N) is 1. The minimum absolute atomic E-state index is 0.0541. The van der Waals surface area contributed by atoms with Crippen LogP contribution in [0.2, 0.25) is 0 Å². The molecule has 0 amide bonds. The van der Waals surface area contributed by atoms with Crippen molar-refractivity contribution in [1.82, 2.24) is 28.5 Å². The lowest BCUT2D eigenvalue weighted by molar-refractivity contribution is 0.0972. The molecule has 4 heterocycles. The van der Waals surface area contributed by atoms with Crippen LogP contribution in [0.4, 0.5) is 0 Å². The van der Waals surface area contributed by atoms with Crippen LogP contribution in [0.25, 0.3) is 16.1 Å². The van der Waals surface area contributed by atoms with Gasteiger partial charge in [0.05, 0.1) is 12.2 Å². The van der Waals surface area contributed by atoms with Gasteiger partial charge in [0.25, 0.3) is 5.56 Å². The summed E-state index contributed by atoms with van der Waals surface area (Å²) in [6, 6.07) is 5.90. The number of imidazole rings is 2. The van der Waals surface area contributed by atoms with E-state index in [2.05, 4.69) is 15.0 Å². The lowest BCUT2D eigenvalue weighted by atomic mass is 10.1. The summed E-state index contributed by atoms with van der Waals surface area (Å²) in [5.74, 6) is 0.250. The number of benzene rings is 1. The van der Waals surface area contributed by atoms with Crippen LogP contribution in [0, 0.1) is 0 Å². The molecule has 5 rings (SSSR count). The zero-order valence-corrected chi connectivity index (χ0v) is 17.8. The largest absolute Gasteiger partial charge is 0.508 e. The third kappa shape index (κ3) is 3.32. The van der Waals surface area contributed by atoms with E-state index in [4.69, 9.17) is 0 Å². The molecule has 0 saturated carbocycles. The smallest absolute Gasteiger partial charge is 0.330 e. The zero-order chi connectivity index (χ0) is 22.4. The van der Waals surface area contributed by atoms with Gasteiger partial charge in [-0.25, -0.2) is 14.8 Å². The molecule has 0 aliphatic heterocycles. The van der Waals surface area contributed by atoms with Gasteiger partial charge in [-0.15, -0.1) is 11.3 Å². The van der Waals surface area contributed by atoms with Crippen LogP contribution in [0.3, 0.4) is 0 Å². The fourth-order valence-corrected chi connectivity index (χ4v) is 4.44. The first-order valence-electron chi connectivity index (χ1n) is 9.90. The maximum absolute atomic E-state index is 13.0. The Morgan fingerprint density at radius 1 is 1.16 bits per heavy atom. The van der Waals surface area contributed by atoms with Gasteiger partial charge in [0, 0.05) is 36.3 Å². The number of Topliss-reactive ketones (excluding diaryl/α,β-unsaturated/α-hetero) is 1. The number of phenols is 1. The van der Waals surface area contributed by atoms with Crippen LogP contribution < -0.4 is 11.2 Å². The van der Waals surface area contributed by atoms with E-state index < -0.39 is 11.2 Å². The molecule has 0 aliphatic carbocycles. The fourth-order valence-electron chi connectivity index (χ4n) is 3.72. The summed E-state index contributed by atoms with van der Waals surface area (Å²) in [6.07, 6.45) is 4.05. The highest BCUT2D eigenvalue weighted by Crippen LogP contribution is 2.19. The monoisotopic (exact) mass is 450 g/mol. The van der Waals surface area contributed by atoms with Gasteiger partial charge in [-0.05, 0) is 31.2 Å². The highest BCUT2D eigenvalue weighted by Gasteiger charge is 2.21. The minimum atomic E-state index is -0.599. The van der Waals surface area contributed by atoms with Gasteiger partial charge < -0.3 is 9.67 Å². The standard InChI is InChI=1S/C21H18N6O4S/c1-2-26-18-17(19(30)24-20(26)31)27(11-15(29)12-3-5-14(28)6-4-12)16(23-18)9-13-10-25-7-8-32-21(25)22-13/h3-8,10,28H,2,9,11H2,1H3,(H,24,30,31). The van der Waals surface area contributed by atoms with Crippen molar-refractivity contribution < 1.29 is 9.90 Å². The molecule has 0 spiro atoms. The normalized spacial score (nSPS) is 11.5. The van der Waals surface area contributed by atoms with Gasteiger partial charge in [-0.1, -0.05) is 0 Å². The van der Waals surface area contributed by atoms with Gasteiger partial charge in [0.1, 0.15) is 11.6 Å². The average Bonchev–Trinajstić information content (AvgIpc) is 3.43. The Labute approximate surface area is 184 Å². The number of thiazole rings is 1. The number of hydrogen-bond acceptors (Lipinski definition) is 7. The zero-order valence-electron chi connectivity index (χ0n) is 17.0. The van der Waals surface area contributed by atoms with Gasteiger partial charge >= 0.3 is 5.69 Å². The number of ketones is 1. The number of aryl methyl sites for hydroxylation is 1. The van der Waals surface area contributed by atoms with E-state index in [0.29, 0.717) is 17.9 Å². The molecule has 1 aromatic carbocycles. The summed E-state index contributed by atoms with van der Waals surface area (Å²) >= 11 is 1.50. The van der Waals surface area contributed by atoms with Crippen molar-refractivity contribution in [1.29, 1.82) is 0 Å². The molecule has 162 valence electrons. The summed E-state index contributed by atoms with van der Waals surface area (Å²) in [7, 11) is 0. The second-order valence-corrected chi connectivity index (χ2v) is 8.13. The topological polar surface area (TPSA) is 127 Å². The number of carbonyl (C=O) groups excluding carboxylic acids is 1. The second kappa shape index (κ2) is 7.61. The Hall–Kier alpha value is -3.99. The van der Waals surface area contributed by atoms with Crippen molar-refractivity contribution in [2.75, 3.05) is 0 Å². The number of hydrogen-bond donors (Lipinski definition) is 2. The third-order valence-electron chi connectivity index (χ3n) is 5.25. The SMILES string of the molecule is CCn1c(=O)[nH]c(=O)c2c1nc(Cc1cn3ccsc3n1)n2CC(=O)c1ccc(O)cc1. The number of H-pyrrole nitrogens is 1. The van der Waals surface area contributed by atoms with Gasteiger partial charge in [0.15, 0.2) is 21.9 Å². The molecule has 4 aromatic heterocycles. The number of phenolic OH excluding ortho intramolecular Hbond substituents is 1. The van der Waals surface area contributed by atoms with E-state index in [0.717, 1.165) is 10.7 Å². The van der Waals surface area contributed by atoms with E-state index in [9.17, 15) is 19.5 Å². The molecular formula is C21H18N6O4S. The first-order chi connectivity index (χ1) is 15.4. The Bertz CT molecular complexity index is 1560. The van der Waals surface area contributed by atoms with E-state index >= 15 is 0 Å². The van der Waals surface area contributed by atoms with Crippen LogP contribution in [0.5, 0.6) is 5.75 Å². The molecule has 11 heteroatoms. The van der Waals surface area contributed by atoms with Gasteiger partial charge in [-0.2, -0.15) is 0 Å². The highest BCUT2D eigenvalue weighted by molar-refractivity contribution is 7.15. The predicted molar refractivity (Wildman–Crippen MR) is 119 cm³/mol. The van der Waals surface area contributed by atoms with Crippen LogP contribution in [0.1, 0.15) is 28.8 Å². The molecule has 0 fully saturated rings. The van der Waals surface area contributed by atoms with Crippen molar-refractivity contribution >= 4 is 33.2 Å². The van der Waals surface area contributed by atoms with Gasteiger partial charge in [-0.3, -0.25) is 23.5 Å². The summed E-state index contributed by atoms with van der Waals surface area (Å²) < 4.78 is 4.80. The summed E-state index contributed by atoms with van der Waals surface area (Å²) in [4.78, 5) is 50.3. The van der Waals surface area contributed by atoms with Crippen molar-refractivity contribution in [3.63, 3.8) is 0 Å². The number of rotatable bonds is 6. The fraction of sp³-hybridized carbons (Fsp3) is 0.190. The average molecular weight is 450 g/mol. The summed E-state index contributed by atoms with van der Waals surface area (Å²) in [5.41, 5.74) is 0.363. The van der Waals surface area contributed by atoms with Crippen molar-refractivity contribution in [2.24, 2.45) is 0 Å². The molecule has 0 saturated heterocycles. The lowest BCUT2D eigenvalue weighted by Crippen LogP contribution is -2.31. The molecule has 0 bridgehead atoms. The highest BCUT2D eigenvalue weighted by atomic mass is 32.1. The number of aromatic amines is 1. The number of nitrogens with zero attached hydrogens (tertiary/aromatic N) is 5. The quantitative estimate of drug-likeness (QED) is 0.380. The molecule has 0 unspecified atom stereocenters. The Morgan fingerprint density at radius 2 is 1.94 bits per heavy atom. The minimum Gasteiger partial charge on any atom is -0.508 e. The van der Waals surface area contributed by atoms with Crippen molar-refractivity contribution in [3.8, 4) is 5.75 Å². The number of fused-ring (bicyclic) bond motifs is 2. The Kier molecular flexibility index (Phi) is 4.74. The van der Waals surface area contributed by atoms with E-state index in [-0.39, 0.29) is 35.7 Å². The number of carbonyl (C=O) groups is 1. The Morgan fingerprint density at radius 3 is 2.66 bits per heavy atom. The van der Waals surface area contributed by atoms with Crippen LogP contribution in [-0.4, -0.2) is 39.4 Å². The maximum Gasteiger partial charge on any atom is 0.330 e. The second-order valence-electron chi connectivity index (χ2n) is 7.26. The van der Waals surface area contributed by atoms with E-state index in [1.54, 1.807) is 11.5 Å². The predicted octanol–water partition coefficient (Wildman–Crippen LogP) is 1.79. The third-order valence-corrected chi connectivity index (χ3v) is 6.02. The first-order valence-corrected chi connectivity index (χ1v) is 10.8. The maximum atomic E-state index is 13.0. The molecule has 10 nitrogen and oxygen atoms in total. The molecule has 2 N–H and O–H groups in total. The molecule has 0 aliphatic rings. The number of aromatic hydroxyl groups is 1. The molecule has 5 aromatic rings. The van der Waals surface area contributed by atoms with Crippen LogP contribution in [0.15, 0.2) is 51.6 Å².